The van der Waals surface area contributed by atoms with E-state index in [1.54, 1.807) is 13.8 Å². The molecule has 1 N–H and O–H groups in total. The zero-order chi connectivity index (χ0) is 18.0. The van der Waals surface area contributed by atoms with Gasteiger partial charge in [-0.15, -0.1) is 0 Å². The monoisotopic (exact) mass is 342 g/mol. The Morgan fingerprint density at radius 3 is 2.09 bits per heavy atom. The second-order valence-electron chi connectivity index (χ2n) is 5.44. The molecule has 23 heavy (non-hydrogen) atoms. The van der Waals surface area contributed by atoms with Gasteiger partial charge in [0.2, 0.25) is 0 Å². The molecule has 1 aromatic rings. The Bertz CT molecular complexity index is 562. The van der Waals surface area contributed by atoms with E-state index in [1.165, 1.54) is 0 Å². The maximum Gasteiger partial charge on any atom is 0.416 e. The van der Waals surface area contributed by atoms with Crippen molar-refractivity contribution in [1.29, 1.82) is 0 Å². The van der Waals surface area contributed by atoms with Crippen LogP contribution in [0.25, 0.3) is 0 Å². The molecule has 0 aromatic heterocycles. The van der Waals surface area contributed by atoms with Crippen LogP contribution in [0.2, 0.25) is 0 Å². The normalized spacial score (nSPS) is 15.3. The summed E-state index contributed by atoms with van der Waals surface area (Å²) in [5.74, 6) is -3.18. The molecule has 0 saturated carbocycles. The highest BCUT2D eigenvalue weighted by molar-refractivity contribution is 5.76. The lowest BCUT2D eigenvalue weighted by Crippen LogP contribution is -2.21. The largest absolute Gasteiger partial charge is 0.481 e. The van der Waals surface area contributed by atoms with Gasteiger partial charge in [-0.2, -0.15) is 26.3 Å². The van der Waals surface area contributed by atoms with Crippen LogP contribution in [0.5, 0.6) is 0 Å². The fourth-order valence-electron chi connectivity index (χ4n) is 2.21. The van der Waals surface area contributed by atoms with E-state index in [2.05, 4.69) is 0 Å². The van der Waals surface area contributed by atoms with E-state index in [-0.39, 0.29) is 18.4 Å². The summed E-state index contributed by atoms with van der Waals surface area (Å²) in [5, 5.41) is 9.20. The third-order valence-electron chi connectivity index (χ3n) is 3.69. The fraction of sp³-hybridized carbons (Fsp3) is 0.533. The molecule has 0 heterocycles. The van der Waals surface area contributed by atoms with Crippen LogP contribution in [0.4, 0.5) is 26.3 Å². The summed E-state index contributed by atoms with van der Waals surface area (Å²) in [6.07, 6.45) is -9.54. The maximum absolute atomic E-state index is 13.1. The number of hydrogen-bond acceptors (Lipinski definition) is 1. The Labute approximate surface area is 129 Å². The van der Waals surface area contributed by atoms with Gasteiger partial charge in [0.15, 0.2) is 0 Å². The van der Waals surface area contributed by atoms with Crippen LogP contribution in [0.3, 0.4) is 0 Å². The molecule has 1 rings (SSSR count). The van der Waals surface area contributed by atoms with E-state index < -0.39 is 40.9 Å². The van der Waals surface area contributed by atoms with Gasteiger partial charge in [-0.25, -0.2) is 0 Å². The summed E-state index contributed by atoms with van der Waals surface area (Å²) in [7, 11) is 0. The SMILES string of the molecule is CCC(C)CC(C(=O)O)c1ccc(C(F)(F)F)cc1C(F)(F)F. The third kappa shape index (κ3) is 4.87. The third-order valence-corrected chi connectivity index (χ3v) is 3.69. The molecular formula is C15H16F6O2. The topological polar surface area (TPSA) is 37.3 Å². The van der Waals surface area contributed by atoms with Crippen LogP contribution in [0, 0.1) is 5.92 Å². The Balaban J connectivity index is 3.46. The molecule has 8 heteroatoms. The van der Waals surface area contributed by atoms with Gasteiger partial charge in [0.05, 0.1) is 17.0 Å². The number of halogens is 6. The van der Waals surface area contributed by atoms with E-state index in [0.717, 1.165) is 0 Å². The lowest BCUT2D eigenvalue weighted by molar-refractivity contribution is -0.144. The minimum absolute atomic E-state index is 0.0259. The van der Waals surface area contributed by atoms with E-state index in [1.807, 2.05) is 0 Å². The molecular weight excluding hydrogens is 326 g/mol. The number of benzene rings is 1. The zero-order valence-electron chi connectivity index (χ0n) is 12.4. The minimum atomic E-state index is -5.07. The summed E-state index contributed by atoms with van der Waals surface area (Å²) in [5.41, 5.74) is -3.65. The average molecular weight is 342 g/mol. The number of aliphatic carboxylic acids is 1. The molecule has 2 unspecified atom stereocenters. The molecule has 0 fully saturated rings. The van der Waals surface area contributed by atoms with Crippen molar-refractivity contribution in [2.75, 3.05) is 0 Å². The predicted octanol–water partition coefficient (Wildman–Crippen LogP) is 5.33. The van der Waals surface area contributed by atoms with Crippen molar-refractivity contribution in [2.45, 2.75) is 45.0 Å². The Kier molecular flexibility index (Phi) is 5.71. The Morgan fingerprint density at radius 1 is 1.13 bits per heavy atom. The van der Waals surface area contributed by atoms with Gasteiger partial charge in [0, 0.05) is 0 Å². The van der Waals surface area contributed by atoms with Crippen LogP contribution >= 0.6 is 0 Å². The summed E-state index contributed by atoms with van der Waals surface area (Å²) in [6.45, 7) is 3.42. The minimum Gasteiger partial charge on any atom is -0.481 e. The Hall–Kier alpha value is -1.73. The van der Waals surface area contributed by atoms with Crippen molar-refractivity contribution < 1.29 is 36.2 Å². The molecule has 0 aliphatic rings. The van der Waals surface area contributed by atoms with Crippen molar-refractivity contribution in [3.05, 3.63) is 34.9 Å². The second-order valence-corrected chi connectivity index (χ2v) is 5.44. The van der Waals surface area contributed by atoms with Gasteiger partial charge in [-0.1, -0.05) is 26.3 Å². The average Bonchev–Trinajstić information content (AvgIpc) is 2.41. The van der Waals surface area contributed by atoms with Crippen molar-refractivity contribution >= 4 is 5.97 Å². The first-order chi connectivity index (χ1) is 10.4. The van der Waals surface area contributed by atoms with E-state index in [0.29, 0.717) is 18.6 Å². The van der Waals surface area contributed by atoms with Gasteiger partial charge in [-0.05, 0) is 30.0 Å². The molecule has 0 spiro atoms. The summed E-state index contributed by atoms with van der Waals surface area (Å²) in [6, 6.07) is 1.08. The van der Waals surface area contributed by atoms with Gasteiger partial charge in [0.25, 0.3) is 0 Å². The van der Waals surface area contributed by atoms with Crippen LogP contribution in [0.15, 0.2) is 18.2 Å². The molecule has 130 valence electrons. The van der Waals surface area contributed by atoms with Crippen molar-refractivity contribution in [3.8, 4) is 0 Å². The number of carbonyl (C=O) groups is 1. The first-order valence-corrected chi connectivity index (χ1v) is 6.89. The van der Waals surface area contributed by atoms with Gasteiger partial charge < -0.3 is 5.11 Å². The number of carboxylic acids is 1. The van der Waals surface area contributed by atoms with Crippen molar-refractivity contribution in [1.82, 2.24) is 0 Å². The van der Waals surface area contributed by atoms with Crippen LogP contribution < -0.4 is 0 Å². The molecule has 2 nitrogen and oxygen atoms in total. The van der Waals surface area contributed by atoms with Crippen molar-refractivity contribution in [2.24, 2.45) is 5.92 Å². The van der Waals surface area contributed by atoms with Crippen LogP contribution in [-0.2, 0) is 17.1 Å². The molecule has 1 aromatic carbocycles. The molecule has 0 radical (unpaired) electrons. The molecule has 0 aliphatic carbocycles. The highest BCUT2D eigenvalue weighted by atomic mass is 19.4. The van der Waals surface area contributed by atoms with Crippen molar-refractivity contribution in [3.63, 3.8) is 0 Å². The molecule has 0 aliphatic heterocycles. The highest BCUT2D eigenvalue weighted by Gasteiger charge is 2.40. The van der Waals surface area contributed by atoms with Gasteiger partial charge >= 0.3 is 18.3 Å². The molecule has 0 bridgehead atoms. The first-order valence-electron chi connectivity index (χ1n) is 6.89. The predicted molar refractivity (Wildman–Crippen MR) is 70.9 cm³/mol. The smallest absolute Gasteiger partial charge is 0.416 e. The van der Waals surface area contributed by atoms with E-state index in [4.69, 9.17) is 0 Å². The highest BCUT2D eigenvalue weighted by Crippen LogP contribution is 2.41. The number of carboxylic acid groups (broad SMARTS) is 1. The van der Waals surface area contributed by atoms with Gasteiger partial charge in [-0.3, -0.25) is 4.79 Å². The number of hydrogen-bond donors (Lipinski definition) is 1. The number of rotatable bonds is 5. The number of alkyl halides is 6. The lowest BCUT2D eigenvalue weighted by atomic mass is 9.85. The summed E-state index contributed by atoms with van der Waals surface area (Å²) in [4.78, 5) is 11.3. The van der Waals surface area contributed by atoms with Crippen LogP contribution in [0.1, 0.15) is 49.3 Å². The summed E-state index contributed by atoms with van der Waals surface area (Å²) < 4.78 is 77.2. The molecule has 2 atom stereocenters. The molecule has 0 amide bonds. The first kappa shape index (κ1) is 19.3. The maximum atomic E-state index is 13.1. The fourth-order valence-corrected chi connectivity index (χ4v) is 2.21. The molecule has 0 saturated heterocycles. The van der Waals surface area contributed by atoms with E-state index >= 15 is 0 Å². The van der Waals surface area contributed by atoms with Gasteiger partial charge in [0.1, 0.15) is 0 Å². The Morgan fingerprint density at radius 2 is 1.70 bits per heavy atom. The standard InChI is InChI=1S/C15H16F6O2/c1-3-8(2)6-11(13(22)23)10-5-4-9(14(16,17)18)7-12(10)15(19,20)21/h4-5,7-8,11H,3,6H2,1-2H3,(H,22,23). The van der Waals surface area contributed by atoms with E-state index in [9.17, 15) is 36.2 Å². The second kappa shape index (κ2) is 6.80. The van der Waals surface area contributed by atoms with Crippen LogP contribution in [-0.4, -0.2) is 11.1 Å². The summed E-state index contributed by atoms with van der Waals surface area (Å²) >= 11 is 0. The lowest BCUT2D eigenvalue weighted by Gasteiger charge is -2.22. The zero-order valence-corrected chi connectivity index (χ0v) is 12.4. The quantitative estimate of drug-likeness (QED) is 0.735.